The number of nitrogens with zero attached hydrogens (tertiary/aromatic N) is 2. The fraction of sp³-hybridized carbons (Fsp3) is 0.278. The quantitative estimate of drug-likeness (QED) is 0.150. The molecule has 1 N–H and O–H groups in total. The average Bonchev–Trinajstić information content (AvgIpc) is 3.06. The van der Waals surface area contributed by atoms with Gasteiger partial charge in [-0.2, -0.15) is 0 Å². The maximum atomic E-state index is 14.6. The number of amides is 2. The number of carbonyl (C=O) groups is 2. The molecule has 0 fully saturated rings. The topological polar surface area (TPSA) is 96.0 Å². The Bertz CT molecular complexity index is 1700. The van der Waals surface area contributed by atoms with Crippen molar-refractivity contribution in [3.63, 3.8) is 0 Å². The Hall–Kier alpha value is -4.15. The molecular formula is C36H40BrN3O5S. The monoisotopic (exact) mass is 705 g/mol. The lowest BCUT2D eigenvalue weighted by Gasteiger charge is -2.34. The summed E-state index contributed by atoms with van der Waals surface area (Å²) in [6.45, 7) is 5.52. The van der Waals surface area contributed by atoms with Crippen LogP contribution in [0.1, 0.15) is 38.3 Å². The third-order valence-corrected chi connectivity index (χ3v) is 9.83. The van der Waals surface area contributed by atoms with E-state index in [4.69, 9.17) is 4.74 Å². The maximum absolute atomic E-state index is 14.6. The van der Waals surface area contributed by atoms with Crippen molar-refractivity contribution in [2.24, 2.45) is 0 Å². The molecular weight excluding hydrogens is 666 g/mol. The summed E-state index contributed by atoms with van der Waals surface area (Å²) in [7, 11) is -4.23. The van der Waals surface area contributed by atoms with Crippen molar-refractivity contribution in [1.29, 1.82) is 0 Å². The fourth-order valence-corrected chi connectivity index (χ4v) is 6.89. The Morgan fingerprint density at radius 3 is 2.13 bits per heavy atom. The number of nitrogens with one attached hydrogen (secondary N) is 1. The molecule has 0 bridgehead atoms. The number of para-hydroxylation sites is 2. The molecule has 8 nitrogen and oxygen atoms in total. The highest BCUT2D eigenvalue weighted by Crippen LogP contribution is 2.33. The number of sulfonamides is 1. The smallest absolute Gasteiger partial charge is 0.264 e. The molecule has 0 aromatic heterocycles. The van der Waals surface area contributed by atoms with E-state index < -0.39 is 28.5 Å². The Morgan fingerprint density at radius 2 is 1.48 bits per heavy atom. The second-order valence-corrected chi connectivity index (χ2v) is 13.7. The van der Waals surface area contributed by atoms with Crippen molar-refractivity contribution in [3.05, 3.63) is 125 Å². The standard InChI is InChI=1S/C36H40BrN3O5S/c1-4-27(3)38-36(42)33(24-28-15-8-6-9-16-28)39(25-29-17-14-18-30(37)23-29)35(41)26-40(32-21-12-13-22-34(32)45-5-2)46(43,44)31-19-10-7-11-20-31/h6-23,27,33H,4-5,24-26H2,1-3H3,(H,38,42)/t27-,33+/m0/s1. The van der Waals surface area contributed by atoms with E-state index in [1.165, 1.54) is 17.0 Å². The van der Waals surface area contributed by atoms with E-state index in [9.17, 15) is 18.0 Å². The number of hydrogen-bond acceptors (Lipinski definition) is 5. The van der Waals surface area contributed by atoms with Crippen LogP contribution in [0.4, 0.5) is 5.69 Å². The predicted molar refractivity (Wildman–Crippen MR) is 185 cm³/mol. The summed E-state index contributed by atoms with van der Waals surface area (Å²) in [5, 5.41) is 3.06. The molecule has 10 heteroatoms. The number of ether oxygens (including phenoxy) is 1. The zero-order chi connectivity index (χ0) is 33.1. The molecule has 0 aliphatic rings. The predicted octanol–water partition coefficient (Wildman–Crippen LogP) is 6.60. The van der Waals surface area contributed by atoms with Crippen LogP contribution in [0.5, 0.6) is 5.75 Å². The Kier molecular flexibility index (Phi) is 12.4. The lowest BCUT2D eigenvalue weighted by molar-refractivity contribution is -0.140. The van der Waals surface area contributed by atoms with Crippen LogP contribution in [0.2, 0.25) is 0 Å². The van der Waals surface area contributed by atoms with Gasteiger partial charge in [0.25, 0.3) is 10.0 Å². The van der Waals surface area contributed by atoms with Gasteiger partial charge in [-0.15, -0.1) is 0 Å². The molecule has 46 heavy (non-hydrogen) atoms. The zero-order valence-corrected chi connectivity index (χ0v) is 28.7. The normalized spacial score (nSPS) is 12.5. The zero-order valence-electron chi connectivity index (χ0n) is 26.3. The maximum Gasteiger partial charge on any atom is 0.264 e. The van der Waals surface area contributed by atoms with Crippen LogP contribution in [-0.2, 0) is 32.6 Å². The van der Waals surface area contributed by atoms with Crippen molar-refractivity contribution < 1.29 is 22.7 Å². The molecule has 0 aliphatic carbocycles. The second-order valence-electron chi connectivity index (χ2n) is 10.9. The SMILES string of the molecule is CCOc1ccccc1N(CC(=O)N(Cc1cccc(Br)c1)[C@H](Cc1ccccc1)C(=O)N[C@@H](C)CC)S(=O)(=O)c1ccccc1. The summed E-state index contributed by atoms with van der Waals surface area (Å²) in [5.74, 6) is -0.522. The molecule has 0 spiro atoms. The van der Waals surface area contributed by atoms with Crippen molar-refractivity contribution in [2.75, 3.05) is 17.5 Å². The largest absolute Gasteiger partial charge is 0.492 e. The van der Waals surface area contributed by atoms with Gasteiger partial charge in [-0.05, 0) is 67.8 Å². The van der Waals surface area contributed by atoms with Crippen molar-refractivity contribution in [2.45, 2.75) is 57.1 Å². The number of benzene rings is 4. The molecule has 0 aliphatic heterocycles. The van der Waals surface area contributed by atoms with Gasteiger partial charge < -0.3 is 15.0 Å². The molecule has 242 valence electrons. The molecule has 2 amide bonds. The number of rotatable bonds is 15. The molecule has 4 aromatic rings. The lowest BCUT2D eigenvalue weighted by Crippen LogP contribution is -2.54. The van der Waals surface area contributed by atoms with Crippen LogP contribution in [0, 0.1) is 0 Å². The first-order valence-electron chi connectivity index (χ1n) is 15.3. The van der Waals surface area contributed by atoms with E-state index in [-0.39, 0.29) is 35.5 Å². The van der Waals surface area contributed by atoms with Crippen molar-refractivity contribution in [3.8, 4) is 5.75 Å². The second kappa shape index (κ2) is 16.4. The van der Waals surface area contributed by atoms with Gasteiger partial charge in [-0.25, -0.2) is 8.42 Å². The van der Waals surface area contributed by atoms with Gasteiger partial charge in [0.1, 0.15) is 18.3 Å². The third-order valence-electron chi connectivity index (χ3n) is 7.56. The number of hydrogen-bond donors (Lipinski definition) is 1. The molecule has 0 heterocycles. The molecule has 4 rings (SSSR count). The number of anilines is 1. The molecule has 2 atom stereocenters. The summed E-state index contributed by atoms with van der Waals surface area (Å²) in [6, 6.07) is 30.7. The fourth-order valence-electron chi connectivity index (χ4n) is 5.00. The first-order chi connectivity index (χ1) is 22.1. The minimum Gasteiger partial charge on any atom is -0.492 e. The van der Waals surface area contributed by atoms with Crippen LogP contribution in [0.25, 0.3) is 0 Å². The molecule has 0 saturated carbocycles. The highest BCUT2D eigenvalue weighted by atomic mass is 79.9. The van der Waals surface area contributed by atoms with Crippen molar-refractivity contribution >= 4 is 43.5 Å². The minimum absolute atomic E-state index is 0.0305. The summed E-state index contributed by atoms with van der Waals surface area (Å²) in [6.07, 6.45) is 0.949. The summed E-state index contributed by atoms with van der Waals surface area (Å²) in [4.78, 5) is 30.1. The molecule has 0 radical (unpaired) electrons. The van der Waals surface area contributed by atoms with Gasteiger partial charge in [0.15, 0.2) is 0 Å². The van der Waals surface area contributed by atoms with Gasteiger partial charge in [-0.1, -0.05) is 95.7 Å². The van der Waals surface area contributed by atoms with Gasteiger partial charge in [0.2, 0.25) is 11.8 Å². The van der Waals surface area contributed by atoms with E-state index in [1.807, 2.05) is 75.4 Å². The van der Waals surface area contributed by atoms with E-state index in [0.29, 0.717) is 18.8 Å². The van der Waals surface area contributed by atoms with Crippen LogP contribution >= 0.6 is 15.9 Å². The van der Waals surface area contributed by atoms with Crippen LogP contribution < -0.4 is 14.4 Å². The number of carbonyl (C=O) groups excluding carboxylic acids is 2. The summed E-state index contributed by atoms with van der Waals surface area (Å²) < 4.78 is 36.2. The highest BCUT2D eigenvalue weighted by Gasteiger charge is 2.35. The van der Waals surface area contributed by atoms with E-state index in [0.717, 1.165) is 19.9 Å². The van der Waals surface area contributed by atoms with Crippen LogP contribution in [-0.4, -0.2) is 50.4 Å². The van der Waals surface area contributed by atoms with E-state index in [2.05, 4.69) is 21.2 Å². The average molecular weight is 707 g/mol. The summed E-state index contributed by atoms with van der Waals surface area (Å²) >= 11 is 3.51. The number of halogens is 1. The minimum atomic E-state index is -4.23. The van der Waals surface area contributed by atoms with E-state index >= 15 is 0 Å². The summed E-state index contributed by atoms with van der Waals surface area (Å²) in [5.41, 5.74) is 1.88. The molecule has 0 unspecified atom stereocenters. The highest BCUT2D eigenvalue weighted by molar-refractivity contribution is 9.10. The first-order valence-corrected chi connectivity index (χ1v) is 17.5. The Balaban J connectivity index is 1.84. The molecule has 4 aromatic carbocycles. The Morgan fingerprint density at radius 1 is 0.848 bits per heavy atom. The van der Waals surface area contributed by atoms with Crippen molar-refractivity contribution in [1.82, 2.24) is 10.2 Å². The van der Waals surface area contributed by atoms with E-state index in [1.54, 1.807) is 42.5 Å². The van der Waals surface area contributed by atoms with Crippen LogP contribution in [0.15, 0.2) is 119 Å². The molecule has 0 saturated heterocycles. The first kappa shape index (κ1) is 34.7. The Labute approximate surface area is 280 Å². The third kappa shape index (κ3) is 8.98. The lowest BCUT2D eigenvalue weighted by atomic mass is 10.0. The van der Waals surface area contributed by atoms with Crippen LogP contribution in [0.3, 0.4) is 0 Å². The van der Waals surface area contributed by atoms with Gasteiger partial charge >= 0.3 is 0 Å². The van der Waals surface area contributed by atoms with Gasteiger partial charge in [0.05, 0.1) is 17.2 Å². The van der Waals surface area contributed by atoms with Gasteiger partial charge in [0, 0.05) is 23.5 Å². The van der Waals surface area contributed by atoms with Gasteiger partial charge in [-0.3, -0.25) is 13.9 Å².